The molecular formula is C17H34N8. The van der Waals surface area contributed by atoms with E-state index in [2.05, 4.69) is 61.5 Å². The SMILES string of the molecule is CCCNc1nc(NCCCNCC)nc(N2CCN(CC)CC2)n1. The molecular weight excluding hydrogens is 316 g/mol. The number of anilines is 3. The first kappa shape index (κ1) is 19.7. The number of likely N-dealkylation sites (N-methyl/N-ethyl adjacent to an activating group) is 1. The van der Waals surface area contributed by atoms with Crippen LogP contribution in [0.25, 0.3) is 0 Å². The zero-order valence-electron chi connectivity index (χ0n) is 16.0. The Labute approximate surface area is 151 Å². The molecule has 0 bridgehead atoms. The second-order valence-electron chi connectivity index (χ2n) is 6.26. The van der Waals surface area contributed by atoms with Crippen molar-refractivity contribution in [1.82, 2.24) is 25.2 Å². The molecule has 0 unspecified atom stereocenters. The summed E-state index contributed by atoms with van der Waals surface area (Å²) in [5.74, 6) is 2.11. The number of nitrogens with one attached hydrogen (secondary N) is 3. The summed E-state index contributed by atoms with van der Waals surface area (Å²) in [6.07, 6.45) is 2.09. The highest BCUT2D eigenvalue weighted by Crippen LogP contribution is 2.15. The highest BCUT2D eigenvalue weighted by atomic mass is 15.4. The van der Waals surface area contributed by atoms with Crippen molar-refractivity contribution < 1.29 is 0 Å². The van der Waals surface area contributed by atoms with Gasteiger partial charge in [-0.2, -0.15) is 15.0 Å². The Kier molecular flexibility index (Phi) is 8.68. The molecule has 1 aromatic rings. The second kappa shape index (κ2) is 11.0. The van der Waals surface area contributed by atoms with Gasteiger partial charge in [-0.3, -0.25) is 0 Å². The first-order chi connectivity index (χ1) is 12.3. The monoisotopic (exact) mass is 350 g/mol. The first-order valence-corrected chi connectivity index (χ1v) is 9.68. The van der Waals surface area contributed by atoms with Gasteiger partial charge in [0.2, 0.25) is 17.8 Å². The van der Waals surface area contributed by atoms with Gasteiger partial charge in [-0.15, -0.1) is 0 Å². The molecule has 1 aliphatic heterocycles. The summed E-state index contributed by atoms with van der Waals surface area (Å²) in [5.41, 5.74) is 0. The molecule has 8 heteroatoms. The molecule has 0 saturated carbocycles. The first-order valence-electron chi connectivity index (χ1n) is 9.68. The minimum absolute atomic E-state index is 0.665. The van der Waals surface area contributed by atoms with Crippen molar-refractivity contribution in [3.05, 3.63) is 0 Å². The molecule has 1 aromatic heterocycles. The summed E-state index contributed by atoms with van der Waals surface area (Å²) >= 11 is 0. The van der Waals surface area contributed by atoms with Crippen LogP contribution in [-0.4, -0.2) is 78.8 Å². The molecule has 2 heterocycles. The number of rotatable bonds is 11. The van der Waals surface area contributed by atoms with Crippen LogP contribution in [0.4, 0.5) is 17.8 Å². The Bertz CT molecular complexity index is 488. The van der Waals surface area contributed by atoms with Gasteiger partial charge in [-0.1, -0.05) is 20.8 Å². The predicted molar refractivity (Wildman–Crippen MR) is 105 cm³/mol. The van der Waals surface area contributed by atoms with E-state index in [1.807, 2.05) is 0 Å². The van der Waals surface area contributed by atoms with Crippen molar-refractivity contribution in [1.29, 1.82) is 0 Å². The van der Waals surface area contributed by atoms with E-state index in [4.69, 9.17) is 0 Å². The summed E-state index contributed by atoms with van der Waals surface area (Å²) < 4.78 is 0. The fraction of sp³-hybridized carbons (Fsp3) is 0.824. The van der Waals surface area contributed by atoms with Crippen LogP contribution >= 0.6 is 0 Å². The van der Waals surface area contributed by atoms with E-state index in [0.29, 0.717) is 11.9 Å². The van der Waals surface area contributed by atoms with Crippen molar-refractivity contribution in [3.8, 4) is 0 Å². The molecule has 1 saturated heterocycles. The highest BCUT2D eigenvalue weighted by molar-refractivity contribution is 5.44. The second-order valence-corrected chi connectivity index (χ2v) is 6.26. The van der Waals surface area contributed by atoms with E-state index in [1.165, 1.54) is 0 Å². The minimum Gasteiger partial charge on any atom is -0.354 e. The van der Waals surface area contributed by atoms with Crippen molar-refractivity contribution in [2.24, 2.45) is 0 Å². The average molecular weight is 351 g/mol. The smallest absolute Gasteiger partial charge is 0.232 e. The molecule has 0 atom stereocenters. The van der Waals surface area contributed by atoms with E-state index < -0.39 is 0 Å². The summed E-state index contributed by atoms with van der Waals surface area (Å²) in [6.45, 7) is 15.3. The maximum Gasteiger partial charge on any atom is 0.232 e. The molecule has 1 fully saturated rings. The summed E-state index contributed by atoms with van der Waals surface area (Å²) in [7, 11) is 0. The van der Waals surface area contributed by atoms with E-state index in [0.717, 1.165) is 77.7 Å². The topological polar surface area (TPSA) is 81.2 Å². The quantitative estimate of drug-likeness (QED) is 0.515. The molecule has 0 spiro atoms. The fourth-order valence-corrected chi connectivity index (χ4v) is 2.76. The number of aromatic nitrogens is 3. The van der Waals surface area contributed by atoms with Crippen LogP contribution in [0.15, 0.2) is 0 Å². The number of hydrogen-bond acceptors (Lipinski definition) is 8. The van der Waals surface area contributed by atoms with Gasteiger partial charge < -0.3 is 25.8 Å². The Morgan fingerprint density at radius 2 is 1.52 bits per heavy atom. The third-order valence-corrected chi connectivity index (χ3v) is 4.32. The third-order valence-electron chi connectivity index (χ3n) is 4.32. The Morgan fingerprint density at radius 3 is 2.12 bits per heavy atom. The van der Waals surface area contributed by atoms with E-state index in [-0.39, 0.29) is 0 Å². The normalized spacial score (nSPS) is 15.4. The standard InChI is InChI=1S/C17H34N8/c1-4-8-19-15-21-16(20-10-7-9-18-5-2)23-17(22-15)25-13-11-24(6-3)12-14-25/h18H,4-14H2,1-3H3,(H2,19,20,21,22,23). The Hall–Kier alpha value is -1.67. The van der Waals surface area contributed by atoms with Gasteiger partial charge in [-0.25, -0.2) is 0 Å². The van der Waals surface area contributed by atoms with Crippen LogP contribution in [0.1, 0.15) is 33.6 Å². The molecule has 3 N–H and O–H groups in total. The Morgan fingerprint density at radius 1 is 0.840 bits per heavy atom. The lowest BCUT2D eigenvalue weighted by molar-refractivity contribution is 0.270. The van der Waals surface area contributed by atoms with Crippen LogP contribution in [0, 0.1) is 0 Å². The molecule has 2 rings (SSSR count). The summed E-state index contributed by atoms with van der Waals surface area (Å²) in [4.78, 5) is 18.5. The molecule has 0 radical (unpaired) electrons. The lowest BCUT2D eigenvalue weighted by Gasteiger charge is -2.34. The summed E-state index contributed by atoms with van der Waals surface area (Å²) in [5, 5.41) is 9.96. The molecule has 0 aliphatic carbocycles. The van der Waals surface area contributed by atoms with Crippen LogP contribution in [0.2, 0.25) is 0 Å². The van der Waals surface area contributed by atoms with Gasteiger partial charge in [0.05, 0.1) is 0 Å². The van der Waals surface area contributed by atoms with E-state index in [9.17, 15) is 0 Å². The number of piperazine rings is 1. The Balaban J connectivity index is 2.00. The molecule has 142 valence electrons. The van der Waals surface area contributed by atoms with E-state index >= 15 is 0 Å². The fourth-order valence-electron chi connectivity index (χ4n) is 2.76. The van der Waals surface area contributed by atoms with E-state index in [1.54, 1.807) is 0 Å². The molecule has 25 heavy (non-hydrogen) atoms. The van der Waals surface area contributed by atoms with Crippen molar-refractivity contribution in [2.45, 2.75) is 33.6 Å². The average Bonchev–Trinajstić information content (AvgIpc) is 2.66. The molecule has 8 nitrogen and oxygen atoms in total. The maximum absolute atomic E-state index is 4.65. The number of nitrogens with zero attached hydrogens (tertiary/aromatic N) is 5. The zero-order valence-corrected chi connectivity index (χ0v) is 16.0. The van der Waals surface area contributed by atoms with Crippen LogP contribution in [0.5, 0.6) is 0 Å². The molecule has 1 aliphatic rings. The van der Waals surface area contributed by atoms with Gasteiger partial charge in [0.1, 0.15) is 0 Å². The molecule has 0 aromatic carbocycles. The van der Waals surface area contributed by atoms with Crippen molar-refractivity contribution >= 4 is 17.8 Å². The minimum atomic E-state index is 0.665. The largest absolute Gasteiger partial charge is 0.354 e. The van der Waals surface area contributed by atoms with Crippen LogP contribution < -0.4 is 20.9 Å². The lowest BCUT2D eigenvalue weighted by atomic mass is 10.3. The third kappa shape index (κ3) is 6.62. The predicted octanol–water partition coefficient (Wildman–Crippen LogP) is 1.25. The van der Waals surface area contributed by atoms with Gasteiger partial charge >= 0.3 is 0 Å². The molecule has 0 amide bonds. The highest BCUT2D eigenvalue weighted by Gasteiger charge is 2.19. The maximum atomic E-state index is 4.65. The van der Waals surface area contributed by atoms with Gasteiger partial charge in [0, 0.05) is 39.3 Å². The van der Waals surface area contributed by atoms with Crippen molar-refractivity contribution in [2.75, 3.05) is 74.4 Å². The van der Waals surface area contributed by atoms with Crippen molar-refractivity contribution in [3.63, 3.8) is 0 Å². The number of hydrogen-bond donors (Lipinski definition) is 3. The van der Waals surface area contributed by atoms with Crippen LogP contribution in [-0.2, 0) is 0 Å². The van der Waals surface area contributed by atoms with Gasteiger partial charge in [-0.05, 0) is 32.5 Å². The van der Waals surface area contributed by atoms with Gasteiger partial charge in [0.25, 0.3) is 0 Å². The van der Waals surface area contributed by atoms with Crippen LogP contribution in [0.3, 0.4) is 0 Å². The zero-order chi connectivity index (χ0) is 17.9. The van der Waals surface area contributed by atoms with Gasteiger partial charge in [0.15, 0.2) is 0 Å². The summed E-state index contributed by atoms with van der Waals surface area (Å²) in [6, 6.07) is 0. The lowest BCUT2D eigenvalue weighted by Crippen LogP contribution is -2.46.